The first kappa shape index (κ1) is 14.0. The van der Waals surface area contributed by atoms with E-state index in [0.717, 1.165) is 19.4 Å². The molecule has 0 unspecified atom stereocenters. The van der Waals surface area contributed by atoms with Crippen LogP contribution in [0.25, 0.3) is 0 Å². The first-order chi connectivity index (χ1) is 8.67. The lowest BCUT2D eigenvalue weighted by molar-refractivity contribution is -0.117. The van der Waals surface area contributed by atoms with Crippen molar-refractivity contribution in [2.24, 2.45) is 10.8 Å². The fourth-order valence-corrected chi connectivity index (χ4v) is 3.98. The van der Waals surface area contributed by atoms with Crippen LogP contribution >= 0.6 is 0 Å². The molecule has 1 aliphatic heterocycles. The number of piperidine rings is 1. The molecule has 2 heteroatoms. The molecule has 18 heavy (non-hydrogen) atoms. The normalized spacial score (nSPS) is 27.2. The average molecular weight is 251 g/mol. The van der Waals surface area contributed by atoms with Gasteiger partial charge in [-0.3, -0.25) is 0 Å². The van der Waals surface area contributed by atoms with E-state index in [9.17, 15) is 4.79 Å². The molecule has 0 N–H and O–H groups in total. The highest BCUT2D eigenvalue weighted by molar-refractivity contribution is 5.60. The zero-order chi connectivity index (χ0) is 13.1. The Balaban J connectivity index is 1.88. The molecule has 0 spiro atoms. The molecule has 0 radical (unpaired) electrons. The molecule has 2 aliphatic rings. The molecule has 2 fully saturated rings. The van der Waals surface area contributed by atoms with Crippen LogP contribution in [0, 0.1) is 10.8 Å². The SMILES string of the molecule is CCC1(CC)CCN(CC2(C=O)CCCC2)CC1. The van der Waals surface area contributed by atoms with Crippen molar-refractivity contribution in [3.8, 4) is 0 Å². The molecule has 1 heterocycles. The van der Waals surface area contributed by atoms with E-state index in [0.29, 0.717) is 5.41 Å². The Bertz CT molecular complexity index is 267. The van der Waals surface area contributed by atoms with Crippen LogP contribution in [0.1, 0.15) is 65.2 Å². The summed E-state index contributed by atoms with van der Waals surface area (Å²) in [6.45, 7) is 8.11. The number of likely N-dealkylation sites (tertiary alicyclic amines) is 1. The predicted octanol–water partition coefficient (Wildman–Crippen LogP) is 3.65. The number of rotatable bonds is 5. The molecular formula is C16H29NO. The van der Waals surface area contributed by atoms with Crippen molar-refractivity contribution >= 4 is 6.29 Å². The lowest BCUT2D eigenvalue weighted by atomic mass is 9.73. The van der Waals surface area contributed by atoms with Gasteiger partial charge in [0, 0.05) is 12.0 Å². The van der Waals surface area contributed by atoms with Crippen LogP contribution in [-0.4, -0.2) is 30.8 Å². The van der Waals surface area contributed by atoms with Crippen LogP contribution in [0.5, 0.6) is 0 Å². The molecule has 0 amide bonds. The summed E-state index contributed by atoms with van der Waals surface area (Å²) in [6.07, 6.45) is 11.3. The third kappa shape index (κ3) is 2.79. The van der Waals surface area contributed by atoms with Gasteiger partial charge in [0.1, 0.15) is 6.29 Å². The van der Waals surface area contributed by atoms with Gasteiger partial charge in [0.05, 0.1) is 0 Å². The van der Waals surface area contributed by atoms with Crippen LogP contribution < -0.4 is 0 Å². The predicted molar refractivity (Wildman–Crippen MR) is 75.7 cm³/mol. The monoisotopic (exact) mass is 251 g/mol. The van der Waals surface area contributed by atoms with Crippen molar-refractivity contribution in [2.45, 2.75) is 65.2 Å². The second kappa shape index (κ2) is 5.73. The Labute approximate surface area is 112 Å². The second-order valence-electron chi connectivity index (χ2n) is 6.67. The van der Waals surface area contributed by atoms with Crippen molar-refractivity contribution in [2.75, 3.05) is 19.6 Å². The quantitative estimate of drug-likeness (QED) is 0.695. The molecule has 2 nitrogen and oxygen atoms in total. The highest BCUT2D eigenvalue weighted by atomic mass is 16.1. The summed E-state index contributed by atoms with van der Waals surface area (Å²) in [5, 5.41) is 0. The number of aldehydes is 1. The zero-order valence-corrected chi connectivity index (χ0v) is 12.2. The molecule has 0 aromatic carbocycles. The molecule has 2 rings (SSSR count). The topological polar surface area (TPSA) is 20.3 Å². The molecule has 0 atom stereocenters. The molecule has 1 saturated heterocycles. The second-order valence-corrected chi connectivity index (χ2v) is 6.67. The Hall–Kier alpha value is -0.370. The zero-order valence-electron chi connectivity index (χ0n) is 12.2. The van der Waals surface area contributed by atoms with E-state index in [4.69, 9.17) is 0 Å². The van der Waals surface area contributed by atoms with Crippen LogP contribution in [0.15, 0.2) is 0 Å². The summed E-state index contributed by atoms with van der Waals surface area (Å²) in [4.78, 5) is 14.0. The van der Waals surface area contributed by atoms with Gasteiger partial charge in [0.15, 0.2) is 0 Å². The maximum Gasteiger partial charge on any atom is 0.127 e. The molecule has 0 bridgehead atoms. The van der Waals surface area contributed by atoms with Gasteiger partial charge in [0.2, 0.25) is 0 Å². The highest BCUT2D eigenvalue weighted by Crippen LogP contribution is 2.41. The van der Waals surface area contributed by atoms with Gasteiger partial charge >= 0.3 is 0 Å². The molecule has 0 aromatic rings. The third-order valence-corrected chi connectivity index (χ3v) is 5.80. The Morgan fingerprint density at radius 3 is 2.00 bits per heavy atom. The fraction of sp³-hybridized carbons (Fsp3) is 0.938. The van der Waals surface area contributed by atoms with Crippen molar-refractivity contribution in [1.82, 2.24) is 4.90 Å². The van der Waals surface area contributed by atoms with E-state index in [1.54, 1.807) is 0 Å². The van der Waals surface area contributed by atoms with Gasteiger partial charge in [-0.1, -0.05) is 39.5 Å². The standard InChI is InChI=1S/C16H29NO/c1-3-15(4-2)9-11-17(12-10-15)13-16(14-18)7-5-6-8-16/h14H,3-13H2,1-2H3. The summed E-state index contributed by atoms with van der Waals surface area (Å²) in [5.41, 5.74) is 0.610. The van der Waals surface area contributed by atoms with Crippen molar-refractivity contribution in [1.29, 1.82) is 0 Å². The van der Waals surface area contributed by atoms with E-state index < -0.39 is 0 Å². The van der Waals surface area contributed by atoms with Crippen molar-refractivity contribution in [3.05, 3.63) is 0 Å². The molecule has 1 aliphatic carbocycles. The minimum absolute atomic E-state index is 0.0123. The van der Waals surface area contributed by atoms with E-state index >= 15 is 0 Å². The lowest BCUT2D eigenvalue weighted by Crippen LogP contribution is -2.44. The van der Waals surface area contributed by atoms with E-state index in [1.807, 2.05) is 0 Å². The minimum atomic E-state index is 0.0123. The maximum atomic E-state index is 11.4. The van der Waals surface area contributed by atoms with Crippen LogP contribution in [0.4, 0.5) is 0 Å². The lowest BCUT2D eigenvalue weighted by Gasteiger charge is -2.43. The van der Waals surface area contributed by atoms with Gasteiger partial charge < -0.3 is 9.69 Å². The number of hydrogen-bond acceptors (Lipinski definition) is 2. The smallest absolute Gasteiger partial charge is 0.127 e. The van der Waals surface area contributed by atoms with Gasteiger partial charge in [-0.25, -0.2) is 0 Å². The molecule has 0 aromatic heterocycles. The summed E-state index contributed by atoms with van der Waals surface area (Å²) in [7, 11) is 0. The Morgan fingerprint density at radius 1 is 1.00 bits per heavy atom. The number of nitrogens with zero attached hydrogens (tertiary/aromatic N) is 1. The van der Waals surface area contributed by atoms with E-state index in [1.165, 1.54) is 57.9 Å². The van der Waals surface area contributed by atoms with Gasteiger partial charge in [-0.05, 0) is 44.2 Å². The maximum absolute atomic E-state index is 11.4. The fourth-order valence-electron chi connectivity index (χ4n) is 3.98. The summed E-state index contributed by atoms with van der Waals surface area (Å²) >= 11 is 0. The molecule has 1 saturated carbocycles. The largest absolute Gasteiger partial charge is 0.303 e. The van der Waals surface area contributed by atoms with Crippen LogP contribution in [0.2, 0.25) is 0 Å². The van der Waals surface area contributed by atoms with Gasteiger partial charge in [-0.15, -0.1) is 0 Å². The van der Waals surface area contributed by atoms with E-state index in [-0.39, 0.29) is 5.41 Å². The summed E-state index contributed by atoms with van der Waals surface area (Å²) in [5.74, 6) is 0. The minimum Gasteiger partial charge on any atom is -0.303 e. The van der Waals surface area contributed by atoms with Gasteiger partial charge in [-0.2, -0.15) is 0 Å². The number of hydrogen-bond donors (Lipinski definition) is 0. The average Bonchev–Trinajstić information content (AvgIpc) is 2.89. The summed E-state index contributed by atoms with van der Waals surface area (Å²) < 4.78 is 0. The summed E-state index contributed by atoms with van der Waals surface area (Å²) in [6, 6.07) is 0. The van der Waals surface area contributed by atoms with Gasteiger partial charge in [0.25, 0.3) is 0 Å². The number of carbonyl (C=O) groups excluding carboxylic acids is 1. The third-order valence-electron chi connectivity index (χ3n) is 5.80. The Kier molecular flexibility index (Phi) is 4.47. The Morgan fingerprint density at radius 2 is 1.56 bits per heavy atom. The van der Waals surface area contributed by atoms with Crippen LogP contribution in [0.3, 0.4) is 0 Å². The van der Waals surface area contributed by atoms with Crippen LogP contribution in [-0.2, 0) is 4.79 Å². The molecular weight excluding hydrogens is 222 g/mol. The van der Waals surface area contributed by atoms with Crippen molar-refractivity contribution < 1.29 is 4.79 Å². The van der Waals surface area contributed by atoms with Crippen molar-refractivity contribution in [3.63, 3.8) is 0 Å². The van der Waals surface area contributed by atoms with E-state index in [2.05, 4.69) is 18.7 Å². The highest BCUT2D eigenvalue weighted by Gasteiger charge is 2.38. The first-order valence-electron chi connectivity index (χ1n) is 7.86. The first-order valence-corrected chi connectivity index (χ1v) is 7.86. The molecule has 104 valence electrons. The number of carbonyl (C=O) groups is 1.